The molecule has 2 heterocycles. The Hall–Kier alpha value is -4.88. The summed E-state index contributed by atoms with van der Waals surface area (Å²) in [6.45, 7) is 6.88. The van der Waals surface area contributed by atoms with Gasteiger partial charge in [0.2, 0.25) is 0 Å². The Bertz CT molecular complexity index is 1570. The number of pyridine rings is 1. The summed E-state index contributed by atoms with van der Waals surface area (Å²) in [7, 11) is 0. The number of nitrogens with one attached hydrogen (secondary N) is 2. The lowest BCUT2D eigenvalue weighted by Gasteiger charge is -2.38. The van der Waals surface area contributed by atoms with Crippen molar-refractivity contribution in [3.8, 4) is 5.75 Å². The minimum atomic E-state index is -5.34. The molecule has 0 aliphatic carbocycles. The minimum absolute atomic E-state index is 0.0663. The monoisotopic (exact) mass is 630 g/mol. The fourth-order valence-electron chi connectivity index (χ4n) is 4.74. The van der Waals surface area contributed by atoms with Crippen molar-refractivity contribution >= 4 is 34.8 Å². The van der Waals surface area contributed by atoms with E-state index >= 15 is 0 Å². The Morgan fingerprint density at radius 3 is 2.38 bits per heavy atom. The van der Waals surface area contributed by atoms with Crippen LogP contribution in [0, 0.1) is 12.8 Å². The molecule has 1 fully saturated rings. The second-order valence-corrected chi connectivity index (χ2v) is 11.5. The third kappa shape index (κ3) is 8.83. The number of likely N-dealkylation sites (tertiary alicyclic amines) is 1. The number of amides is 3. The molecule has 2 N–H and O–H groups in total. The van der Waals surface area contributed by atoms with Gasteiger partial charge in [-0.3, -0.25) is 14.6 Å². The molecule has 1 aromatic heterocycles. The molecule has 11 nitrogen and oxygen atoms in total. The molecule has 0 unspecified atom stereocenters. The molecule has 4 rings (SSSR count). The Labute approximate surface area is 257 Å². The molecule has 1 aliphatic rings. The molecule has 0 radical (unpaired) electrons. The lowest BCUT2D eigenvalue weighted by molar-refractivity contribution is -0.208. The van der Waals surface area contributed by atoms with E-state index in [4.69, 9.17) is 9.47 Å². The van der Waals surface area contributed by atoms with Crippen molar-refractivity contribution in [2.24, 2.45) is 5.92 Å². The normalized spacial score (nSPS) is 16.9. The standard InChI is InChI=1S/C31H33F3N4O7/c1-18-15-20(22-7-5-6-8-24(22)35-18)17-43-21-11-9-19(10-12-21)26(39)36-25-13-14-38(29(42)44-30(2,3)4)16-23(25)27(40)37-45-28(41)31(32,33)34/h5-12,15,23,25H,13-14,16-17H2,1-4H3,(H,36,39)(H,37,40)/t23-,25+/m0/s1. The van der Waals surface area contributed by atoms with Crippen LogP contribution in [-0.4, -0.2) is 64.7 Å². The van der Waals surface area contributed by atoms with E-state index in [1.165, 1.54) is 22.5 Å². The van der Waals surface area contributed by atoms with Gasteiger partial charge in [-0.05, 0) is 70.5 Å². The predicted octanol–water partition coefficient (Wildman–Crippen LogP) is 4.61. The van der Waals surface area contributed by atoms with Gasteiger partial charge in [-0.2, -0.15) is 18.7 Å². The van der Waals surface area contributed by atoms with Crippen molar-refractivity contribution in [3.05, 3.63) is 71.4 Å². The molecule has 45 heavy (non-hydrogen) atoms. The third-order valence-electron chi connectivity index (χ3n) is 6.83. The number of aryl methyl sites for hydroxylation is 1. The first-order chi connectivity index (χ1) is 21.1. The van der Waals surface area contributed by atoms with E-state index < -0.39 is 47.6 Å². The van der Waals surface area contributed by atoms with Gasteiger partial charge in [0.25, 0.3) is 11.8 Å². The number of aromatic nitrogens is 1. The number of para-hydroxylation sites is 1. The average Bonchev–Trinajstić information content (AvgIpc) is 2.97. The molecule has 3 aromatic rings. The van der Waals surface area contributed by atoms with Gasteiger partial charge in [-0.1, -0.05) is 18.2 Å². The van der Waals surface area contributed by atoms with Crippen LogP contribution in [0.15, 0.2) is 54.6 Å². The highest BCUT2D eigenvalue weighted by molar-refractivity contribution is 5.95. The highest BCUT2D eigenvalue weighted by Gasteiger charge is 2.43. The maximum atomic E-state index is 13.1. The van der Waals surface area contributed by atoms with E-state index in [2.05, 4.69) is 15.1 Å². The molecule has 1 aliphatic heterocycles. The van der Waals surface area contributed by atoms with Crippen LogP contribution in [0.2, 0.25) is 0 Å². The zero-order valence-corrected chi connectivity index (χ0v) is 25.1. The number of hydrogen-bond acceptors (Lipinski definition) is 8. The molecule has 0 saturated carbocycles. The van der Waals surface area contributed by atoms with Crippen molar-refractivity contribution in [2.45, 2.75) is 58.5 Å². The largest absolute Gasteiger partial charge is 0.493 e. The summed E-state index contributed by atoms with van der Waals surface area (Å²) >= 11 is 0. The molecule has 1 saturated heterocycles. The molecule has 14 heteroatoms. The lowest BCUT2D eigenvalue weighted by atomic mass is 9.91. The Morgan fingerprint density at radius 1 is 1.02 bits per heavy atom. The van der Waals surface area contributed by atoms with Crippen LogP contribution in [0.5, 0.6) is 5.75 Å². The van der Waals surface area contributed by atoms with E-state index in [0.29, 0.717) is 5.75 Å². The fourth-order valence-corrected chi connectivity index (χ4v) is 4.74. The molecule has 240 valence electrons. The Morgan fingerprint density at radius 2 is 1.71 bits per heavy atom. The van der Waals surface area contributed by atoms with Gasteiger partial charge in [-0.15, -0.1) is 0 Å². The summed E-state index contributed by atoms with van der Waals surface area (Å²) in [5.74, 6) is -5.09. The van der Waals surface area contributed by atoms with Crippen LogP contribution in [0.4, 0.5) is 18.0 Å². The number of carbonyl (C=O) groups is 4. The predicted molar refractivity (Wildman–Crippen MR) is 155 cm³/mol. The van der Waals surface area contributed by atoms with Crippen LogP contribution in [0.25, 0.3) is 10.9 Å². The number of piperidine rings is 1. The lowest BCUT2D eigenvalue weighted by Crippen LogP contribution is -2.57. The second kappa shape index (κ2) is 13.4. The Balaban J connectivity index is 1.42. The highest BCUT2D eigenvalue weighted by Crippen LogP contribution is 2.24. The summed E-state index contributed by atoms with van der Waals surface area (Å²) in [6, 6.07) is 15.0. The molecule has 2 aromatic carbocycles. The van der Waals surface area contributed by atoms with Gasteiger partial charge in [0.15, 0.2) is 0 Å². The van der Waals surface area contributed by atoms with Gasteiger partial charge in [-0.25, -0.2) is 9.59 Å². The molecular formula is C31H33F3N4O7. The van der Waals surface area contributed by atoms with Crippen LogP contribution < -0.4 is 15.5 Å². The molecule has 3 amide bonds. The van der Waals surface area contributed by atoms with Gasteiger partial charge in [0.1, 0.15) is 18.0 Å². The number of alkyl halides is 3. The second-order valence-electron chi connectivity index (χ2n) is 11.5. The average molecular weight is 631 g/mol. The number of ether oxygens (including phenoxy) is 2. The first kappa shape index (κ1) is 33.0. The van der Waals surface area contributed by atoms with Gasteiger partial charge >= 0.3 is 18.2 Å². The number of halogens is 3. The number of hydroxylamine groups is 1. The first-order valence-electron chi connectivity index (χ1n) is 14.1. The van der Waals surface area contributed by atoms with Gasteiger partial charge in [0.05, 0.1) is 11.4 Å². The van der Waals surface area contributed by atoms with E-state index in [1.54, 1.807) is 32.9 Å². The maximum Gasteiger partial charge on any atom is 0.493 e. The van der Waals surface area contributed by atoms with E-state index in [0.717, 1.165) is 22.2 Å². The zero-order valence-electron chi connectivity index (χ0n) is 25.1. The fraction of sp³-hybridized carbons (Fsp3) is 0.387. The topological polar surface area (TPSA) is 136 Å². The van der Waals surface area contributed by atoms with Crippen LogP contribution >= 0.6 is 0 Å². The van der Waals surface area contributed by atoms with Gasteiger partial charge < -0.3 is 24.5 Å². The van der Waals surface area contributed by atoms with E-state index in [1.807, 2.05) is 37.3 Å². The zero-order chi connectivity index (χ0) is 32.9. The van der Waals surface area contributed by atoms with E-state index in [9.17, 15) is 32.3 Å². The number of rotatable bonds is 6. The first-order valence-corrected chi connectivity index (χ1v) is 14.1. The highest BCUT2D eigenvalue weighted by atomic mass is 19.4. The maximum absolute atomic E-state index is 13.1. The van der Waals surface area contributed by atoms with Crippen LogP contribution in [0.1, 0.15) is 48.8 Å². The number of carbonyl (C=O) groups excluding carboxylic acids is 4. The van der Waals surface area contributed by atoms with Gasteiger partial charge in [0, 0.05) is 41.3 Å². The summed E-state index contributed by atoms with van der Waals surface area (Å²) in [4.78, 5) is 59.3. The van der Waals surface area contributed by atoms with Crippen LogP contribution in [0.3, 0.4) is 0 Å². The quantitative estimate of drug-likeness (QED) is 0.377. The number of benzene rings is 2. The van der Waals surface area contributed by atoms with Crippen molar-refractivity contribution in [3.63, 3.8) is 0 Å². The summed E-state index contributed by atoms with van der Waals surface area (Å²) in [5, 5.41) is 3.67. The van der Waals surface area contributed by atoms with Crippen LogP contribution in [-0.2, 0) is 25.8 Å². The number of nitrogens with zero attached hydrogens (tertiary/aromatic N) is 2. The summed E-state index contributed by atoms with van der Waals surface area (Å²) in [5.41, 5.74) is 3.53. The number of hydrogen-bond donors (Lipinski definition) is 2. The van der Waals surface area contributed by atoms with Crippen molar-refractivity contribution in [2.75, 3.05) is 13.1 Å². The smallest absolute Gasteiger partial charge is 0.489 e. The molecule has 0 bridgehead atoms. The van der Waals surface area contributed by atoms with Crippen molar-refractivity contribution < 1.29 is 46.7 Å². The van der Waals surface area contributed by atoms with Crippen molar-refractivity contribution in [1.82, 2.24) is 20.7 Å². The minimum Gasteiger partial charge on any atom is -0.489 e. The molecule has 0 spiro atoms. The molecular weight excluding hydrogens is 597 g/mol. The summed E-state index contributed by atoms with van der Waals surface area (Å²) in [6.07, 6.45) is -6.02. The number of fused-ring (bicyclic) bond motifs is 1. The molecule has 2 atom stereocenters. The van der Waals surface area contributed by atoms with Crippen molar-refractivity contribution in [1.29, 1.82) is 0 Å². The Kier molecular flexibility index (Phi) is 9.84. The van der Waals surface area contributed by atoms with E-state index in [-0.39, 0.29) is 31.7 Å². The third-order valence-corrected chi connectivity index (χ3v) is 6.83. The summed E-state index contributed by atoms with van der Waals surface area (Å²) < 4.78 is 49.0. The SMILES string of the molecule is Cc1cc(COc2ccc(C(=O)N[C@@H]3CCN(C(=O)OC(C)(C)C)C[C@@H]3C(=O)NOC(=O)C(F)(F)F)cc2)c2ccccc2n1.